The Labute approximate surface area is 167 Å². The quantitative estimate of drug-likeness (QED) is 0.348. The van der Waals surface area contributed by atoms with Crippen LogP contribution in [0.2, 0.25) is 0 Å². The van der Waals surface area contributed by atoms with Crippen LogP contribution in [0.1, 0.15) is 11.8 Å². The first-order chi connectivity index (χ1) is 13.1. The molecule has 0 aliphatic carbocycles. The number of fused-ring (bicyclic) bond motifs is 1. The zero-order chi connectivity index (χ0) is 20.8. The van der Waals surface area contributed by atoms with Crippen LogP contribution in [0.3, 0.4) is 0 Å². The zero-order valence-electron chi connectivity index (χ0n) is 14.9. The van der Waals surface area contributed by atoms with Crippen molar-refractivity contribution in [3.63, 3.8) is 0 Å². The van der Waals surface area contributed by atoms with Gasteiger partial charge in [-0.05, 0) is 19.1 Å². The minimum Gasteiger partial charge on any atom is -0.477 e. The first-order valence-corrected chi connectivity index (χ1v) is 9.85. The number of anilines is 1. The Balaban J connectivity index is 1.89. The molecule has 3 atom stereocenters. The number of aliphatic carboxylic acids is 1. The van der Waals surface area contributed by atoms with Gasteiger partial charge in [-0.25, -0.2) is 4.79 Å². The van der Waals surface area contributed by atoms with Gasteiger partial charge < -0.3 is 26.6 Å². The Bertz CT molecular complexity index is 913. The minimum atomic E-state index is -1.73. The fourth-order valence-corrected chi connectivity index (χ4v) is 5.55. The number of ether oxygens (including phenoxy) is 1. The van der Waals surface area contributed by atoms with Gasteiger partial charge in [-0.15, -0.1) is 23.1 Å². The molecular weight excluding hydrogens is 408 g/mol. The fraction of sp³-hybridized carbons (Fsp3) is 0.375. The molecule has 1 unspecified atom stereocenters. The number of hydrogen-bond donors (Lipinski definition) is 4. The first kappa shape index (κ1) is 20.2. The largest absolute Gasteiger partial charge is 0.477 e. The van der Waals surface area contributed by atoms with Crippen molar-refractivity contribution in [2.75, 3.05) is 12.8 Å². The predicted molar refractivity (Wildman–Crippen MR) is 102 cm³/mol. The lowest BCUT2D eigenvalue weighted by atomic mass is 9.96. The molecule has 3 amide bonds. The Morgan fingerprint density at radius 1 is 1.39 bits per heavy atom. The van der Waals surface area contributed by atoms with Gasteiger partial charge in [-0.1, -0.05) is 0 Å². The lowest BCUT2D eigenvalue weighted by Gasteiger charge is -2.56. The van der Waals surface area contributed by atoms with E-state index in [1.54, 1.807) is 19.1 Å². The van der Waals surface area contributed by atoms with Gasteiger partial charge >= 0.3 is 5.97 Å². The van der Waals surface area contributed by atoms with Gasteiger partial charge in [0, 0.05) is 17.2 Å². The number of β-lactam (4-membered cyclic amide) rings is 1. The number of nitrogen functional groups attached to an aromatic ring is 1. The number of hydrogen-bond acceptors (Lipinski definition) is 8. The standard InChI is InChI=1S/C16H18N4O6S2/c1-6-10(12(18)22)11(13(23)24)20-14(25)16(26-2,15(20)27-6)19-9(21)5-7-3-4-8(17)28-7/h3-4,6,15H,5,17H2,1-2H3,(H2,18,22)(H,19,21)(H,23,24)/t6?,15-,16-/m0/s1. The summed E-state index contributed by atoms with van der Waals surface area (Å²) in [5, 5.41) is 11.2. The molecule has 1 aromatic heterocycles. The van der Waals surface area contributed by atoms with Crippen LogP contribution in [0.5, 0.6) is 0 Å². The van der Waals surface area contributed by atoms with Crippen LogP contribution in [0.4, 0.5) is 5.00 Å². The molecule has 3 rings (SSSR count). The lowest BCUT2D eigenvalue weighted by Crippen LogP contribution is -2.81. The molecule has 150 valence electrons. The molecule has 1 saturated heterocycles. The SMILES string of the molecule is CO[C@@]1(NC(=O)Cc2ccc(N)s2)C(=O)N2C(C(=O)O)=C(C(N)=O)C(C)S[C@H]21. The number of thiophene rings is 1. The Morgan fingerprint density at radius 2 is 2.07 bits per heavy atom. The second kappa shape index (κ2) is 7.11. The summed E-state index contributed by atoms with van der Waals surface area (Å²) < 4.78 is 5.34. The third-order valence-electron chi connectivity index (χ3n) is 4.49. The van der Waals surface area contributed by atoms with Crippen LogP contribution >= 0.6 is 23.1 Å². The molecule has 2 aliphatic rings. The van der Waals surface area contributed by atoms with Crippen molar-refractivity contribution in [2.45, 2.75) is 29.7 Å². The number of nitrogens with zero attached hydrogens (tertiary/aromatic N) is 1. The molecule has 0 saturated carbocycles. The number of carboxylic acid groups (broad SMARTS) is 1. The molecule has 1 fully saturated rings. The highest BCUT2D eigenvalue weighted by Gasteiger charge is 2.67. The third-order valence-corrected chi connectivity index (χ3v) is 6.85. The van der Waals surface area contributed by atoms with E-state index in [9.17, 15) is 24.3 Å². The summed E-state index contributed by atoms with van der Waals surface area (Å²) in [5.41, 5.74) is 8.58. The number of methoxy groups -OCH3 is 1. The topological polar surface area (TPSA) is 165 Å². The Hall–Kier alpha value is -2.57. The highest BCUT2D eigenvalue weighted by Crippen LogP contribution is 2.49. The summed E-state index contributed by atoms with van der Waals surface area (Å²) in [4.78, 5) is 50.4. The van der Waals surface area contributed by atoms with E-state index in [-0.39, 0.29) is 12.0 Å². The van der Waals surface area contributed by atoms with E-state index in [0.717, 1.165) is 16.7 Å². The molecular formula is C16H18N4O6S2. The summed E-state index contributed by atoms with van der Waals surface area (Å²) in [7, 11) is 1.25. The van der Waals surface area contributed by atoms with Gasteiger partial charge in [-0.3, -0.25) is 19.3 Å². The lowest BCUT2D eigenvalue weighted by molar-refractivity contribution is -0.192. The van der Waals surface area contributed by atoms with Gasteiger partial charge in [-0.2, -0.15) is 0 Å². The number of primary amides is 1. The molecule has 0 radical (unpaired) electrons. The number of carboxylic acids is 1. The molecule has 6 N–H and O–H groups in total. The predicted octanol–water partition coefficient (Wildman–Crippen LogP) is -0.541. The van der Waals surface area contributed by atoms with Gasteiger partial charge in [0.15, 0.2) is 0 Å². The van der Waals surface area contributed by atoms with E-state index in [2.05, 4.69) is 5.32 Å². The maximum Gasteiger partial charge on any atom is 0.353 e. The second-order valence-electron chi connectivity index (χ2n) is 6.21. The van der Waals surface area contributed by atoms with E-state index in [4.69, 9.17) is 16.2 Å². The van der Waals surface area contributed by atoms with Gasteiger partial charge in [0.25, 0.3) is 11.6 Å². The zero-order valence-corrected chi connectivity index (χ0v) is 16.6. The van der Waals surface area contributed by atoms with Crippen LogP contribution in [0, 0.1) is 0 Å². The average Bonchev–Trinajstić information content (AvgIpc) is 3.02. The molecule has 1 aromatic rings. The van der Waals surface area contributed by atoms with Gasteiger partial charge in [0.1, 0.15) is 11.1 Å². The van der Waals surface area contributed by atoms with E-state index in [0.29, 0.717) is 9.88 Å². The van der Waals surface area contributed by atoms with Crippen LogP contribution in [-0.2, 0) is 30.3 Å². The maximum absolute atomic E-state index is 12.8. The normalized spacial score (nSPS) is 26.5. The number of rotatable bonds is 6. The van der Waals surface area contributed by atoms with E-state index < -0.39 is 45.7 Å². The Morgan fingerprint density at radius 3 is 2.57 bits per heavy atom. The smallest absolute Gasteiger partial charge is 0.353 e. The monoisotopic (exact) mass is 426 g/mol. The molecule has 28 heavy (non-hydrogen) atoms. The molecule has 0 bridgehead atoms. The molecule has 0 spiro atoms. The number of carbonyl (C=O) groups is 4. The average molecular weight is 426 g/mol. The van der Waals surface area contributed by atoms with Crippen molar-refractivity contribution in [1.29, 1.82) is 0 Å². The van der Waals surface area contributed by atoms with E-state index in [1.807, 2.05) is 0 Å². The number of thioether (sulfide) groups is 1. The van der Waals surface area contributed by atoms with Crippen LogP contribution in [0.25, 0.3) is 0 Å². The van der Waals surface area contributed by atoms with Gasteiger partial charge in [0.2, 0.25) is 11.8 Å². The highest BCUT2D eigenvalue weighted by molar-refractivity contribution is 8.01. The number of nitrogens with two attached hydrogens (primary N) is 2. The summed E-state index contributed by atoms with van der Waals surface area (Å²) >= 11 is 2.35. The minimum absolute atomic E-state index is 0.0125. The molecule has 3 heterocycles. The fourth-order valence-electron chi connectivity index (χ4n) is 3.25. The second-order valence-corrected chi connectivity index (χ2v) is 8.83. The number of amides is 3. The summed E-state index contributed by atoms with van der Waals surface area (Å²) in [5.74, 6) is -3.64. The number of carbonyl (C=O) groups excluding carboxylic acids is 3. The molecule has 0 aromatic carbocycles. The van der Waals surface area contributed by atoms with Crippen LogP contribution in [0.15, 0.2) is 23.4 Å². The van der Waals surface area contributed by atoms with Crippen molar-refractivity contribution < 1.29 is 29.0 Å². The molecule has 2 aliphatic heterocycles. The summed E-state index contributed by atoms with van der Waals surface area (Å²) in [6.07, 6.45) is -0.0125. The molecule has 12 heteroatoms. The van der Waals surface area contributed by atoms with Gasteiger partial charge in [0.05, 0.1) is 17.0 Å². The number of nitrogens with one attached hydrogen (secondary N) is 1. The van der Waals surface area contributed by atoms with Crippen molar-refractivity contribution in [1.82, 2.24) is 10.2 Å². The van der Waals surface area contributed by atoms with E-state index in [1.165, 1.54) is 18.4 Å². The Kier molecular flexibility index (Phi) is 5.12. The van der Waals surface area contributed by atoms with Crippen LogP contribution < -0.4 is 16.8 Å². The van der Waals surface area contributed by atoms with E-state index >= 15 is 0 Å². The van der Waals surface area contributed by atoms with Crippen molar-refractivity contribution >= 4 is 51.8 Å². The highest BCUT2D eigenvalue weighted by atomic mass is 32.2. The summed E-state index contributed by atoms with van der Waals surface area (Å²) in [6.45, 7) is 1.60. The first-order valence-electron chi connectivity index (χ1n) is 8.09. The molecule has 10 nitrogen and oxygen atoms in total. The van der Waals surface area contributed by atoms with Crippen LogP contribution in [-0.4, -0.2) is 57.2 Å². The van der Waals surface area contributed by atoms with Crippen molar-refractivity contribution in [2.24, 2.45) is 5.73 Å². The summed E-state index contributed by atoms with van der Waals surface area (Å²) in [6, 6.07) is 3.37. The van der Waals surface area contributed by atoms with Crippen molar-refractivity contribution in [3.05, 3.63) is 28.3 Å². The third kappa shape index (κ3) is 3.02. The van der Waals surface area contributed by atoms with Crippen molar-refractivity contribution in [3.8, 4) is 0 Å². The maximum atomic E-state index is 12.8.